The van der Waals surface area contributed by atoms with E-state index in [-0.39, 0.29) is 12.3 Å². The van der Waals surface area contributed by atoms with Gasteiger partial charge in [0.1, 0.15) is 0 Å². The van der Waals surface area contributed by atoms with Gasteiger partial charge in [0.2, 0.25) is 0 Å². The van der Waals surface area contributed by atoms with Crippen LogP contribution in [0, 0.1) is 0 Å². The number of rotatable bonds is 5. The van der Waals surface area contributed by atoms with Crippen molar-refractivity contribution in [2.24, 2.45) is 0 Å². The smallest absolute Gasteiger partial charge is 0.307 e. The SMILES string of the molecule is CSc1cnc(NC(=O)c2ccc(CC(=O)O)cc2)s1. The second-order valence-electron chi connectivity index (χ2n) is 3.91. The summed E-state index contributed by atoms with van der Waals surface area (Å²) < 4.78 is 1.03. The van der Waals surface area contributed by atoms with Crippen LogP contribution in [-0.2, 0) is 11.2 Å². The molecule has 0 radical (unpaired) electrons. The van der Waals surface area contributed by atoms with Crippen molar-refractivity contribution < 1.29 is 14.7 Å². The van der Waals surface area contributed by atoms with Crippen molar-refractivity contribution in [3.8, 4) is 0 Å². The summed E-state index contributed by atoms with van der Waals surface area (Å²) in [7, 11) is 0. The molecular formula is C13H12N2O3S2. The lowest BCUT2D eigenvalue weighted by Crippen LogP contribution is -2.11. The Kier molecular flexibility index (Phi) is 4.75. The summed E-state index contributed by atoms with van der Waals surface area (Å²) in [6.07, 6.45) is 3.60. The summed E-state index contributed by atoms with van der Waals surface area (Å²) in [5.74, 6) is -1.15. The summed E-state index contributed by atoms with van der Waals surface area (Å²) >= 11 is 2.98. The quantitative estimate of drug-likeness (QED) is 0.830. The Morgan fingerprint density at radius 3 is 2.60 bits per heavy atom. The van der Waals surface area contributed by atoms with Gasteiger partial charge in [-0.2, -0.15) is 0 Å². The summed E-state index contributed by atoms with van der Waals surface area (Å²) in [6, 6.07) is 6.49. The first-order valence-electron chi connectivity index (χ1n) is 5.70. The van der Waals surface area contributed by atoms with Crippen molar-refractivity contribution >= 4 is 40.1 Å². The van der Waals surface area contributed by atoms with E-state index < -0.39 is 5.97 Å². The molecule has 0 atom stereocenters. The molecule has 1 amide bonds. The fraction of sp³-hybridized carbons (Fsp3) is 0.154. The third-order valence-electron chi connectivity index (χ3n) is 2.48. The highest BCUT2D eigenvalue weighted by Gasteiger charge is 2.09. The van der Waals surface area contributed by atoms with Gasteiger partial charge >= 0.3 is 5.97 Å². The van der Waals surface area contributed by atoms with E-state index in [0.717, 1.165) is 4.21 Å². The average molecular weight is 308 g/mol. The number of carboxylic acid groups (broad SMARTS) is 1. The first-order valence-corrected chi connectivity index (χ1v) is 7.74. The molecule has 2 rings (SSSR count). The molecule has 2 aromatic rings. The Labute approximate surface area is 124 Å². The number of carboxylic acids is 1. The number of aromatic nitrogens is 1. The lowest BCUT2D eigenvalue weighted by atomic mass is 10.1. The number of thioether (sulfide) groups is 1. The number of anilines is 1. The topological polar surface area (TPSA) is 79.3 Å². The predicted molar refractivity (Wildman–Crippen MR) is 79.6 cm³/mol. The van der Waals surface area contributed by atoms with Gasteiger partial charge in [0, 0.05) is 5.56 Å². The molecule has 0 aliphatic heterocycles. The van der Waals surface area contributed by atoms with Crippen LogP contribution >= 0.6 is 23.1 Å². The predicted octanol–water partition coefficient (Wildman–Crippen LogP) is 2.74. The summed E-state index contributed by atoms with van der Waals surface area (Å²) in [5.41, 5.74) is 1.13. The third-order valence-corrected chi connectivity index (χ3v) is 4.44. The summed E-state index contributed by atoms with van der Waals surface area (Å²) in [4.78, 5) is 26.6. The van der Waals surface area contributed by atoms with Crippen LogP contribution in [0.25, 0.3) is 0 Å². The van der Waals surface area contributed by atoms with Crippen LogP contribution in [0.3, 0.4) is 0 Å². The lowest BCUT2D eigenvalue weighted by Gasteiger charge is -2.02. The number of nitrogens with zero attached hydrogens (tertiary/aromatic N) is 1. The minimum Gasteiger partial charge on any atom is -0.481 e. The Morgan fingerprint density at radius 2 is 2.05 bits per heavy atom. The number of nitrogens with one attached hydrogen (secondary N) is 1. The fourth-order valence-corrected chi connectivity index (χ4v) is 2.80. The molecule has 0 saturated heterocycles. The van der Waals surface area contributed by atoms with Crippen molar-refractivity contribution in [2.45, 2.75) is 10.6 Å². The zero-order chi connectivity index (χ0) is 14.5. The molecule has 1 heterocycles. The number of carbonyl (C=O) groups excluding carboxylic acids is 1. The monoisotopic (exact) mass is 308 g/mol. The highest BCUT2D eigenvalue weighted by Crippen LogP contribution is 2.26. The molecule has 104 valence electrons. The second kappa shape index (κ2) is 6.53. The van der Waals surface area contributed by atoms with Crippen LogP contribution in [-0.4, -0.2) is 28.2 Å². The molecule has 1 aromatic carbocycles. The summed E-state index contributed by atoms with van der Waals surface area (Å²) in [5, 5.41) is 11.9. The van der Waals surface area contributed by atoms with Crippen LogP contribution in [0.5, 0.6) is 0 Å². The van der Waals surface area contributed by atoms with Crippen LogP contribution < -0.4 is 5.32 Å². The number of amides is 1. The van der Waals surface area contributed by atoms with Gasteiger partial charge in [0.25, 0.3) is 5.91 Å². The first kappa shape index (κ1) is 14.5. The molecule has 0 spiro atoms. The van der Waals surface area contributed by atoms with Gasteiger partial charge in [-0.25, -0.2) is 4.98 Å². The fourth-order valence-electron chi connectivity index (χ4n) is 1.53. The van der Waals surface area contributed by atoms with Gasteiger partial charge in [-0.15, -0.1) is 11.8 Å². The normalized spacial score (nSPS) is 10.2. The molecule has 1 aromatic heterocycles. The highest BCUT2D eigenvalue weighted by molar-refractivity contribution is 8.00. The first-order chi connectivity index (χ1) is 9.58. The Bertz CT molecular complexity index is 623. The average Bonchev–Trinajstić information content (AvgIpc) is 2.86. The van der Waals surface area contributed by atoms with Crippen molar-refractivity contribution in [2.75, 3.05) is 11.6 Å². The molecule has 0 aliphatic carbocycles. The lowest BCUT2D eigenvalue weighted by molar-refractivity contribution is -0.136. The number of hydrogen-bond donors (Lipinski definition) is 2. The maximum Gasteiger partial charge on any atom is 0.307 e. The van der Waals surface area contributed by atoms with E-state index >= 15 is 0 Å². The molecule has 0 aliphatic rings. The van der Waals surface area contributed by atoms with E-state index in [9.17, 15) is 9.59 Å². The zero-order valence-corrected chi connectivity index (χ0v) is 12.3. The van der Waals surface area contributed by atoms with E-state index in [2.05, 4.69) is 10.3 Å². The van der Waals surface area contributed by atoms with Gasteiger partial charge in [-0.05, 0) is 24.0 Å². The molecule has 2 N–H and O–H groups in total. The molecule has 0 bridgehead atoms. The Balaban J connectivity index is 2.03. The molecule has 0 unspecified atom stereocenters. The van der Waals surface area contributed by atoms with Gasteiger partial charge in [0.05, 0.1) is 16.8 Å². The number of carbonyl (C=O) groups is 2. The minimum absolute atomic E-state index is 0.0501. The number of thiazole rings is 1. The third kappa shape index (κ3) is 3.82. The summed E-state index contributed by atoms with van der Waals surface area (Å²) in [6.45, 7) is 0. The van der Waals surface area contributed by atoms with E-state index in [1.807, 2.05) is 6.26 Å². The van der Waals surface area contributed by atoms with Gasteiger partial charge in [-0.1, -0.05) is 23.5 Å². The van der Waals surface area contributed by atoms with E-state index in [1.165, 1.54) is 11.3 Å². The molecule has 5 nitrogen and oxygen atoms in total. The van der Waals surface area contributed by atoms with Crippen molar-refractivity contribution in [1.82, 2.24) is 4.98 Å². The van der Waals surface area contributed by atoms with Crippen LogP contribution in [0.2, 0.25) is 0 Å². The number of hydrogen-bond acceptors (Lipinski definition) is 5. The van der Waals surface area contributed by atoms with Gasteiger partial charge in [-0.3, -0.25) is 14.9 Å². The maximum absolute atomic E-state index is 12.0. The van der Waals surface area contributed by atoms with Crippen LogP contribution in [0.15, 0.2) is 34.7 Å². The Hall–Kier alpha value is -1.86. The molecule has 20 heavy (non-hydrogen) atoms. The van der Waals surface area contributed by atoms with E-state index in [0.29, 0.717) is 16.3 Å². The van der Waals surface area contributed by atoms with Crippen molar-refractivity contribution in [1.29, 1.82) is 0 Å². The standard InChI is InChI=1S/C13H12N2O3S2/c1-19-11-7-14-13(20-11)15-12(18)9-4-2-8(3-5-9)6-10(16)17/h2-5,7H,6H2,1H3,(H,16,17)(H,14,15,18). The molecular weight excluding hydrogens is 296 g/mol. The van der Waals surface area contributed by atoms with Gasteiger partial charge in [0.15, 0.2) is 5.13 Å². The number of aliphatic carboxylic acids is 1. The van der Waals surface area contributed by atoms with Crippen LogP contribution in [0.1, 0.15) is 15.9 Å². The zero-order valence-electron chi connectivity index (χ0n) is 10.6. The molecule has 0 saturated carbocycles. The molecule has 0 fully saturated rings. The second-order valence-corrected chi connectivity index (χ2v) is 6.05. The molecule has 7 heteroatoms. The van der Waals surface area contributed by atoms with Gasteiger partial charge < -0.3 is 5.11 Å². The van der Waals surface area contributed by atoms with Crippen LogP contribution in [0.4, 0.5) is 5.13 Å². The highest BCUT2D eigenvalue weighted by atomic mass is 32.2. The van der Waals surface area contributed by atoms with Crippen molar-refractivity contribution in [3.05, 3.63) is 41.6 Å². The largest absolute Gasteiger partial charge is 0.481 e. The van der Waals surface area contributed by atoms with E-state index in [4.69, 9.17) is 5.11 Å². The van der Waals surface area contributed by atoms with Crippen molar-refractivity contribution in [3.63, 3.8) is 0 Å². The minimum atomic E-state index is -0.894. The number of benzene rings is 1. The van der Waals surface area contributed by atoms with E-state index in [1.54, 1.807) is 42.2 Å². The Morgan fingerprint density at radius 1 is 1.35 bits per heavy atom. The maximum atomic E-state index is 12.0.